The Hall–Kier alpha value is -3.36. The zero-order valence-electron chi connectivity index (χ0n) is 26.0. The van der Waals surface area contributed by atoms with Crippen LogP contribution in [0.2, 0.25) is 5.02 Å². The molecule has 0 radical (unpaired) electrons. The predicted octanol–water partition coefficient (Wildman–Crippen LogP) is 4.81. The third-order valence-corrected chi connectivity index (χ3v) is 11.1. The van der Waals surface area contributed by atoms with Crippen molar-refractivity contribution < 1.29 is 57.0 Å². The first-order valence-electron chi connectivity index (χ1n) is 14.6. The molecule has 0 amide bonds. The monoisotopic (exact) mass is 758 g/mol. The number of benzene rings is 2. The molecule has 1 saturated heterocycles. The van der Waals surface area contributed by atoms with E-state index in [0.29, 0.717) is 5.52 Å². The average molecular weight is 759 g/mol. The van der Waals surface area contributed by atoms with Crippen molar-refractivity contribution in [2.45, 2.75) is 30.2 Å². The van der Waals surface area contributed by atoms with Gasteiger partial charge in [0.1, 0.15) is 5.82 Å². The quantitative estimate of drug-likeness (QED) is 0.188. The van der Waals surface area contributed by atoms with Crippen molar-refractivity contribution in [1.82, 2.24) is 8.87 Å². The molecule has 20 heteroatoms. The summed E-state index contributed by atoms with van der Waals surface area (Å²) >= 11 is 5.96. The summed E-state index contributed by atoms with van der Waals surface area (Å²) in [6.07, 6.45) is -5.58. The molecule has 2 aliphatic heterocycles. The molecule has 3 aromatic rings. The number of hydrogen-bond donors (Lipinski definition) is 1. The maximum Gasteiger partial charge on any atom is 0.426 e. The molecule has 0 spiro atoms. The predicted molar refractivity (Wildman–Crippen MR) is 169 cm³/mol. The van der Waals surface area contributed by atoms with Crippen LogP contribution in [-0.2, 0) is 44.6 Å². The number of morpholine rings is 1. The van der Waals surface area contributed by atoms with Crippen molar-refractivity contribution in [3.63, 3.8) is 0 Å². The average Bonchev–Trinajstić information content (AvgIpc) is 3.40. The van der Waals surface area contributed by atoms with Gasteiger partial charge in [-0.25, -0.2) is 17.6 Å². The molecule has 0 saturated carbocycles. The summed E-state index contributed by atoms with van der Waals surface area (Å²) in [4.78, 5) is 2.67. The second kappa shape index (κ2) is 13.4. The van der Waals surface area contributed by atoms with Gasteiger partial charge in [-0.05, 0) is 36.8 Å². The van der Waals surface area contributed by atoms with Crippen molar-refractivity contribution >= 4 is 60.2 Å². The van der Waals surface area contributed by atoms with Gasteiger partial charge in [0.05, 0.1) is 52.9 Å². The van der Waals surface area contributed by atoms with Crippen LogP contribution < -0.4 is 14.4 Å². The summed E-state index contributed by atoms with van der Waals surface area (Å²) in [5.74, 6) is -0.428. The number of ether oxygens (including phenoxy) is 1. The van der Waals surface area contributed by atoms with Gasteiger partial charge in [0.15, 0.2) is 17.6 Å². The van der Waals surface area contributed by atoms with E-state index in [0.717, 1.165) is 16.7 Å². The minimum Gasteiger partial charge on any atom is -0.379 e. The molecule has 0 unspecified atom stereocenters. The summed E-state index contributed by atoms with van der Waals surface area (Å²) in [5.41, 5.74) is -0.552. The standard InChI is InChI=1S/C29H30ClF6N5O6S2/c1-37-22-8-7-19(49(45,46)39-10-12-47-13-11-39)15-24(22)41(18-28(31,32)33)27(37)6-3-5-26-38(2)23-17-21(30)20(29(34,35)36)16-25(23)40(26)9-4-14-48(42,43)44/h3,5-8,15-17H,4,9-14,18H2,1-2H3/p+1. The van der Waals surface area contributed by atoms with Gasteiger partial charge < -0.3 is 14.5 Å². The first-order valence-corrected chi connectivity index (χ1v) is 18.0. The molecule has 0 bridgehead atoms. The van der Waals surface area contributed by atoms with Gasteiger partial charge in [-0.15, -0.1) is 0 Å². The number of aromatic nitrogens is 2. The molecule has 1 fully saturated rings. The molecule has 2 aromatic carbocycles. The molecule has 268 valence electrons. The number of nitrogens with zero attached hydrogens (tertiary/aromatic N) is 5. The Morgan fingerprint density at radius 3 is 2.31 bits per heavy atom. The normalized spacial score (nSPS) is 17.6. The molecule has 0 atom stereocenters. The van der Waals surface area contributed by atoms with E-state index in [1.807, 2.05) is 0 Å². The Kier molecular flexibility index (Phi) is 10.1. The minimum absolute atomic E-state index is 0.00647. The van der Waals surface area contributed by atoms with Gasteiger partial charge in [0.2, 0.25) is 10.0 Å². The van der Waals surface area contributed by atoms with Crippen LogP contribution in [0.25, 0.3) is 17.1 Å². The van der Waals surface area contributed by atoms with E-state index in [1.165, 1.54) is 69.2 Å². The molecule has 3 heterocycles. The highest BCUT2D eigenvalue weighted by Gasteiger charge is 2.39. The lowest BCUT2D eigenvalue weighted by Crippen LogP contribution is -2.40. The molecular formula is C29H31ClF6N5O6S2+. The third kappa shape index (κ3) is 7.86. The van der Waals surface area contributed by atoms with E-state index in [2.05, 4.69) is 0 Å². The number of anilines is 2. The number of alkyl halides is 6. The van der Waals surface area contributed by atoms with Crippen LogP contribution in [0.1, 0.15) is 17.8 Å². The van der Waals surface area contributed by atoms with Crippen LogP contribution in [0.15, 0.2) is 53.2 Å². The highest BCUT2D eigenvalue weighted by atomic mass is 35.5. The van der Waals surface area contributed by atoms with E-state index in [-0.39, 0.29) is 72.7 Å². The molecule has 1 aromatic heterocycles. The lowest BCUT2D eigenvalue weighted by Gasteiger charge is -2.25. The number of halogens is 7. The maximum atomic E-state index is 13.9. The highest BCUT2D eigenvalue weighted by Crippen LogP contribution is 2.47. The number of sulfonamides is 1. The van der Waals surface area contributed by atoms with Crippen LogP contribution in [0.4, 0.5) is 37.7 Å². The van der Waals surface area contributed by atoms with Gasteiger partial charge in [-0.3, -0.25) is 4.55 Å². The molecular weight excluding hydrogens is 728 g/mol. The van der Waals surface area contributed by atoms with Crippen molar-refractivity contribution in [1.29, 1.82) is 0 Å². The fourth-order valence-electron chi connectivity index (χ4n) is 5.82. The van der Waals surface area contributed by atoms with E-state index < -0.39 is 55.4 Å². The SMILES string of the molecule is CN1/C(=C\C=C\c2n(CC(F)(F)F)c3cc(S(=O)(=O)N4CCOCC4)ccc3[n+]2C)N(CCCS(=O)(=O)O)c2cc(C(F)(F)F)c(Cl)cc21. The zero-order valence-corrected chi connectivity index (χ0v) is 28.4. The number of aryl methyl sites for hydroxylation is 1. The van der Waals surface area contributed by atoms with Gasteiger partial charge >= 0.3 is 12.4 Å². The fraction of sp³-hybridized carbons (Fsp3) is 0.414. The van der Waals surface area contributed by atoms with Crippen LogP contribution in [0, 0.1) is 0 Å². The summed E-state index contributed by atoms with van der Waals surface area (Å²) < 4.78 is 150. The first kappa shape index (κ1) is 36.9. The van der Waals surface area contributed by atoms with Crippen molar-refractivity contribution in [3.8, 4) is 0 Å². The smallest absolute Gasteiger partial charge is 0.379 e. The lowest BCUT2D eigenvalue weighted by atomic mass is 10.1. The Morgan fingerprint density at radius 2 is 1.69 bits per heavy atom. The second-order valence-corrected chi connectivity index (χ2v) is 15.3. The van der Waals surface area contributed by atoms with Gasteiger partial charge in [0.25, 0.3) is 15.9 Å². The van der Waals surface area contributed by atoms with Gasteiger partial charge in [-0.2, -0.15) is 39.1 Å². The zero-order chi connectivity index (χ0) is 36.1. The third-order valence-electron chi connectivity index (χ3n) is 8.08. The van der Waals surface area contributed by atoms with Crippen LogP contribution in [0.3, 0.4) is 0 Å². The van der Waals surface area contributed by atoms with Crippen molar-refractivity contribution in [3.05, 3.63) is 64.7 Å². The largest absolute Gasteiger partial charge is 0.426 e. The van der Waals surface area contributed by atoms with Gasteiger partial charge in [-0.1, -0.05) is 17.7 Å². The summed E-state index contributed by atoms with van der Waals surface area (Å²) in [7, 11) is -5.41. The Balaban J connectivity index is 1.58. The second-order valence-electron chi connectivity index (χ2n) is 11.3. The molecule has 11 nitrogen and oxygen atoms in total. The molecule has 1 N–H and O–H groups in total. The number of imidazole rings is 1. The van der Waals surface area contributed by atoms with Gasteiger partial charge in [0, 0.05) is 38.8 Å². The van der Waals surface area contributed by atoms with Crippen LogP contribution >= 0.6 is 11.6 Å². The summed E-state index contributed by atoms with van der Waals surface area (Å²) in [5, 5.41) is -0.577. The Bertz CT molecular complexity index is 2040. The molecule has 5 rings (SSSR count). The molecule has 49 heavy (non-hydrogen) atoms. The van der Waals surface area contributed by atoms with E-state index >= 15 is 0 Å². The number of rotatable bonds is 9. The topological polar surface area (TPSA) is 116 Å². The number of allylic oxidation sites excluding steroid dienone is 2. The number of fused-ring (bicyclic) bond motifs is 2. The number of hydrogen-bond acceptors (Lipinski definition) is 7. The van der Waals surface area contributed by atoms with E-state index in [1.54, 1.807) is 0 Å². The van der Waals surface area contributed by atoms with Crippen LogP contribution in [0.5, 0.6) is 0 Å². The Labute approximate surface area is 283 Å². The summed E-state index contributed by atoms with van der Waals surface area (Å²) in [6, 6.07) is 5.82. The Morgan fingerprint density at radius 1 is 1.02 bits per heavy atom. The lowest BCUT2D eigenvalue weighted by molar-refractivity contribution is -0.647. The fourth-order valence-corrected chi connectivity index (χ4v) is 8.01. The van der Waals surface area contributed by atoms with Crippen LogP contribution in [-0.4, -0.2) is 82.1 Å². The van der Waals surface area contributed by atoms with E-state index in [9.17, 15) is 47.7 Å². The summed E-state index contributed by atoms with van der Waals surface area (Å²) in [6.45, 7) is -1.07. The van der Waals surface area contributed by atoms with E-state index in [4.69, 9.17) is 16.3 Å². The maximum absolute atomic E-state index is 13.9. The molecule has 0 aliphatic carbocycles. The minimum atomic E-state index is -4.81. The first-order chi connectivity index (χ1) is 22.7. The van der Waals surface area contributed by atoms with Crippen molar-refractivity contribution in [2.24, 2.45) is 7.05 Å². The highest BCUT2D eigenvalue weighted by molar-refractivity contribution is 7.89. The molecule has 2 aliphatic rings. The van der Waals surface area contributed by atoms with Crippen molar-refractivity contribution in [2.75, 3.05) is 55.4 Å².